The minimum atomic E-state index is -0.646. The molecule has 1 N–H and O–H groups in total. The van der Waals surface area contributed by atoms with Gasteiger partial charge in [0, 0.05) is 18.4 Å². The number of carbonyl (C=O) groups is 1. The molecule has 1 aliphatic carbocycles. The number of aliphatic hydroxyl groups is 1. The van der Waals surface area contributed by atoms with Gasteiger partial charge in [-0.1, -0.05) is 55.8 Å². The lowest BCUT2D eigenvalue weighted by Crippen LogP contribution is -2.43. The first-order valence-corrected chi connectivity index (χ1v) is 10.3. The van der Waals surface area contributed by atoms with Crippen LogP contribution in [0.3, 0.4) is 0 Å². The number of allylic oxidation sites excluding steroid dienone is 1. The quantitative estimate of drug-likeness (QED) is 0.359. The summed E-state index contributed by atoms with van der Waals surface area (Å²) in [5, 5.41) is 11.1. The van der Waals surface area contributed by atoms with Gasteiger partial charge in [-0.3, -0.25) is 0 Å². The molecule has 1 unspecified atom stereocenters. The average Bonchev–Trinajstić information content (AvgIpc) is 3.31. The fourth-order valence-electron chi connectivity index (χ4n) is 4.31. The first kappa shape index (κ1) is 20.8. The molecule has 0 bridgehead atoms. The molecule has 1 aromatic rings. The van der Waals surface area contributed by atoms with E-state index in [-0.39, 0.29) is 35.6 Å². The molecule has 28 heavy (non-hydrogen) atoms. The number of hydrogen-bond donors (Lipinski definition) is 1. The molecule has 1 aromatic carbocycles. The van der Waals surface area contributed by atoms with E-state index in [1.807, 2.05) is 30.3 Å². The fraction of sp³-hybridized carbons (Fsp3) is 0.542. The van der Waals surface area contributed by atoms with E-state index in [1.165, 1.54) is 11.6 Å². The number of ether oxygens (including phenoxy) is 2. The van der Waals surface area contributed by atoms with Crippen molar-refractivity contribution in [1.29, 1.82) is 0 Å². The summed E-state index contributed by atoms with van der Waals surface area (Å²) >= 11 is 0. The lowest BCUT2D eigenvalue weighted by Gasteiger charge is -2.34. The summed E-state index contributed by atoms with van der Waals surface area (Å²) in [6.07, 6.45) is 6.66. The number of epoxide rings is 1. The van der Waals surface area contributed by atoms with Gasteiger partial charge in [0.2, 0.25) is 0 Å². The maximum Gasteiger partial charge on any atom is 0.331 e. The predicted octanol–water partition coefficient (Wildman–Crippen LogP) is 4.53. The summed E-state index contributed by atoms with van der Waals surface area (Å²) in [5.41, 5.74) is 1.86. The van der Waals surface area contributed by atoms with Gasteiger partial charge in [0.25, 0.3) is 0 Å². The second-order valence-corrected chi connectivity index (χ2v) is 8.68. The maximum atomic E-state index is 12.5. The van der Waals surface area contributed by atoms with Crippen LogP contribution < -0.4 is 0 Å². The number of esters is 1. The van der Waals surface area contributed by atoms with Crippen molar-refractivity contribution in [2.75, 3.05) is 0 Å². The van der Waals surface area contributed by atoms with Crippen LogP contribution in [0.25, 0.3) is 6.08 Å². The van der Waals surface area contributed by atoms with Crippen LogP contribution in [0, 0.1) is 11.8 Å². The van der Waals surface area contributed by atoms with E-state index < -0.39 is 6.10 Å². The summed E-state index contributed by atoms with van der Waals surface area (Å²) in [6, 6.07) is 9.67. The SMILES string of the molecule is C/C1=C\CC[C@]2(C)O[C@H]2[C@H](O)C(C(C)C)[C@H](OC(=O)/C=C/c2ccccc2)C1. The molecule has 0 saturated carbocycles. The third kappa shape index (κ3) is 4.92. The van der Waals surface area contributed by atoms with Crippen molar-refractivity contribution in [3.8, 4) is 0 Å². The third-order valence-electron chi connectivity index (χ3n) is 5.98. The largest absolute Gasteiger partial charge is 0.458 e. The molecule has 0 spiro atoms. The summed E-state index contributed by atoms with van der Waals surface area (Å²) in [4.78, 5) is 12.5. The molecule has 4 nitrogen and oxygen atoms in total. The van der Waals surface area contributed by atoms with Crippen molar-refractivity contribution in [1.82, 2.24) is 0 Å². The molecule has 5 atom stereocenters. The monoisotopic (exact) mass is 384 g/mol. The highest BCUT2D eigenvalue weighted by molar-refractivity contribution is 5.87. The van der Waals surface area contributed by atoms with Gasteiger partial charge < -0.3 is 14.6 Å². The van der Waals surface area contributed by atoms with Gasteiger partial charge in [0.15, 0.2) is 0 Å². The number of fused-ring (bicyclic) bond motifs is 1. The molecule has 1 saturated heterocycles. The maximum absolute atomic E-state index is 12.5. The lowest BCUT2D eigenvalue weighted by molar-refractivity contribution is -0.150. The minimum absolute atomic E-state index is 0.159. The summed E-state index contributed by atoms with van der Waals surface area (Å²) < 4.78 is 11.8. The molecule has 152 valence electrons. The van der Waals surface area contributed by atoms with Crippen LogP contribution in [0.2, 0.25) is 0 Å². The van der Waals surface area contributed by atoms with Crippen molar-refractivity contribution in [3.05, 3.63) is 53.6 Å². The Kier molecular flexibility index (Phi) is 6.41. The Labute approximate surface area is 168 Å². The van der Waals surface area contributed by atoms with Gasteiger partial charge in [0.1, 0.15) is 12.2 Å². The molecule has 1 heterocycles. The van der Waals surface area contributed by atoms with Crippen LogP contribution in [0.1, 0.15) is 52.5 Å². The highest BCUT2D eigenvalue weighted by Gasteiger charge is 2.58. The Hall–Kier alpha value is -1.91. The van der Waals surface area contributed by atoms with E-state index in [9.17, 15) is 9.90 Å². The molecule has 0 amide bonds. The van der Waals surface area contributed by atoms with E-state index in [0.29, 0.717) is 6.42 Å². The molecule has 1 fully saturated rings. The van der Waals surface area contributed by atoms with Crippen molar-refractivity contribution in [2.24, 2.45) is 11.8 Å². The molecule has 0 radical (unpaired) electrons. The third-order valence-corrected chi connectivity index (χ3v) is 5.98. The molecular formula is C24H32O4. The van der Waals surface area contributed by atoms with E-state index in [0.717, 1.165) is 18.4 Å². The Morgan fingerprint density at radius 2 is 2.04 bits per heavy atom. The number of hydrogen-bond acceptors (Lipinski definition) is 4. The molecule has 3 rings (SSSR count). The topological polar surface area (TPSA) is 59.1 Å². The Balaban J connectivity index is 1.79. The van der Waals surface area contributed by atoms with Gasteiger partial charge in [-0.15, -0.1) is 0 Å². The van der Waals surface area contributed by atoms with Crippen LogP contribution in [0.5, 0.6) is 0 Å². The van der Waals surface area contributed by atoms with Gasteiger partial charge in [-0.05, 0) is 44.2 Å². The van der Waals surface area contributed by atoms with E-state index in [4.69, 9.17) is 9.47 Å². The van der Waals surface area contributed by atoms with Gasteiger partial charge in [-0.2, -0.15) is 0 Å². The molecular weight excluding hydrogens is 352 g/mol. The Morgan fingerprint density at radius 1 is 1.32 bits per heavy atom. The van der Waals surface area contributed by atoms with Gasteiger partial charge >= 0.3 is 5.97 Å². The smallest absolute Gasteiger partial charge is 0.331 e. The van der Waals surface area contributed by atoms with Crippen LogP contribution >= 0.6 is 0 Å². The zero-order valence-electron chi connectivity index (χ0n) is 17.3. The number of rotatable bonds is 4. The lowest BCUT2D eigenvalue weighted by atomic mass is 9.78. The zero-order chi connectivity index (χ0) is 20.3. The van der Waals surface area contributed by atoms with E-state index >= 15 is 0 Å². The first-order valence-electron chi connectivity index (χ1n) is 10.3. The minimum Gasteiger partial charge on any atom is -0.458 e. The van der Waals surface area contributed by atoms with Crippen LogP contribution in [0.4, 0.5) is 0 Å². The molecule has 2 aliphatic rings. The highest BCUT2D eigenvalue weighted by Crippen LogP contribution is 2.47. The summed E-state index contributed by atoms with van der Waals surface area (Å²) in [6.45, 7) is 8.27. The Morgan fingerprint density at radius 3 is 2.71 bits per heavy atom. The van der Waals surface area contributed by atoms with Gasteiger partial charge in [0.05, 0.1) is 11.7 Å². The molecule has 0 aromatic heterocycles. The number of carbonyl (C=O) groups excluding carboxylic acids is 1. The fourth-order valence-corrected chi connectivity index (χ4v) is 4.31. The Bertz CT molecular complexity index is 736. The average molecular weight is 385 g/mol. The number of benzene rings is 1. The molecule has 1 aliphatic heterocycles. The standard InChI is InChI=1S/C24H32O4/c1-16(2)21-19(27-20(25)13-12-18-10-6-5-7-11-18)15-17(3)9-8-14-24(4)23(28-24)22(21)26/h5-7,9-13,16,19,21-23,26H,8,14-15H2,1-4H3/b13-12+,17-9+/t19-,21?,22-,23+,24+/m1/s1. The second kappa shape index (κ2) is 8.62. The van der Waals surface area contributed by atoms with Crippen LogP contribution in [-0.4, -0.2) is 35.0 Å². The normalized spacial score (nSPS) is 35.1. The summed E-state index contributed by atoms with van der Waals surface area (Å²) in [7, 11) is 0. The van der Waals surface area contributed by atoms with E-state index in [2.05, 4.69) is 33.8 Å². The zero-order valence-corrected chi connectivity index (χ0v) is 17.3. The van der Waals surface area contributed by atoms with Gasteiger partial charge in [-0.25, -0.2) is 4.79 Å². The second-order valence-electron chi connectivity index (χ2n) is 8.68. The predicted molar refractivity (Wildman–Crippen MR) is 111 cm³/mol. The highest BCUT2D eigenvalue weighted by atomic mass is 16.6. The van der Waals surface area contributed by atoms with E-state index in [1.54, 1.807) is 6.08 Å². The van der Waals surface area contributed by atoms with Crippen molar-refractivity contribution in [2.45, 2.75) is 70.9 Å². The first-order chi connectivity index (χ1) is 13.3. The number of aliphatic hydroxyl groups excluding tert-OH is 1. The molecule has 4 heteroatoms. The van der Waals surface area contributed by atoms with Crippen molar-refractivity contribution in [3.63, 3.8) is 0 Å². The van der Waals surface area contributed by atoms with Crippen molar-refractivity contribution < 1.29 is 19.4 Å². The van der Waals surface area contributed by atoms with Crippen LogP contribution in [-0.2, 0) is 14.3 Å². The van der Waals surface area contributed by atoms with Crippen molar-refractivity contribution >= 4 is 12.0 Å². The summed E-state index contributed by atoms with van der Waals surface area (Å²) in [5.74, 6) is -0.398. The van der Waals surface area contributed by atoms with Crippen LogP contribution in [0.15, 0.2) is 48.1 Å².